The van der Waals surface area contributed by atoms with Gasteiger partial charge in [-0.25, -0.2) is 0 Å². The van der Waals surface area contributed by atoms with Gasteiger partial charge in [0.25, 0.3) is 0 Å². The average molecular weight is 358 g/mol. The van der Waals surface area contributed by atoms with Crippen LogP contribution in [0.15, 0.2) is 30.3 Å². The summed E-state index contributed by atoms with van der Waals surface area (Å²) in [7, 11) is 0. The first-order valence-corrected chi connectivity index (χ1v) is 8.86. The Hall–Kier alpha value is -2.44. The minimum Gasteiger partial charge on any atom is -0.489 e. The van der Waals surface area contributed by atoms with E-state index < -0.39 is 6.10 Å². The lowest BCUT2D eigenvalue weighted by Crippen LogP contribution is -2.34. The highest BCUT2D eigenvalue weighted by Gasteiger charge is 2.10. The number of aliphatic hydroxyl groups is 1. The van der Waals surface area contributed by atoms with E-state index in [1.165, 1.54) is 16.8 Å². The first-order valence-electron chi connectivity index (χ1n) is 8.86. The van der Waals surface area contributed by atoms with Gasteiger partial charge in [0, 0.05) is 25.3 Å². The van der Waals surface area contributed by atoms with Crippen molar-refractivity contribution >= 4 is 17.1 Å². The quantitative estimate of drug-likeness (QED) is 0.348. The number of anilines is 3. The van der Waals surface area contributed by atoms with Crippen molar-refractivity contribution in [3.63, 3.8) is 0 Å². The van der Waals surface area contributed by atoms with Crippen LogP contribution in [0.3, 0.4) is 0 Å². The summed E-state index contributed by atoms with van der Waals surface area (Å²) in [5.74, 6) is 0.504. The van der Waals surface area contributed by atoms with Crippen molar-refractivity contribution in [2.24, 2.45) is 0 Å². The Kier molecular flexibility index (Phi) is 7.12. The van der Waals surface area contributed by atoms with E-state index in [1.54, 1.807) is 6.07 Å². The zero-order valence-electron chi connectivity index (χ0n) is 15.8. The molecule has 2 rings (SSSR count). The zero-order chi connectivity index (χ0) is 19.1. The van der Waals surface area contributed by atoms with Crippen LogP contribution in [0.5, 0.6) is 5.75 Å². The second-order valence-corrected chi connectivity index (χ2v) is 6.57. The molecule has 6 heteroatoms. The van der Waals surface area contributed by atoms with Gasteiger partial charge in [-0.05, 0) is 43.5 Å². The molecule has 7 N–H and O–H groups in total. The van der Waals surface area contributed by atoms with E-state index in [2.05, 4.69) is 42.7 Å². The van der Waals surface area contributed by atoms with Gasteiger partial charge >= 0.3 is 0 Å². The van der Waals surface area contributed by atoms with Crippen LogP contribution in [-0.2, 0) is 0 Å². The molecule has 0 amide bonds. The number of para-hydroxylation sites is 1. The summed E-state index contributed by atoms with van der Waals surface area (Å²) in [4.78, 5) is 0. The molecule has 0 spiro atoms. The lowest BCUT2D eigenvalue weighted by Gasteiger charge is -2.16. The fourth-order valence-corrected chi connectivity index (χ4v) is 2.73. The molecule has 26 heavy (non-hydrogen) atoms. The van der Waals surface area contributed by atoms with E-state index in [-0.39, 0.29) is 6.61 Å². The molecule has 0 saturated heterocycles. The number of nitrogens with two attached hydrogens (primary N) is 2. The molecule has 0 aliphatic rings. The number of rotatable bonds is 9. The van der Waals surface area contributed by atoms with Crippen LogP contribution in [0.2, 0.25) is 0 Å². The summed E-state index contributed by atoms with van der Waals surface area (Å²) in [6.07, 6.45) is -0.628. The van der Waals surface area contributed by atoms with Gasteiger partial charge in [-0.15, -0.1) is 0 Å². The van der Waals surface area contributed by atoms with Gasteiger partial charge < -0.3 is 31.9 Å². The van der Waals surface area contributed by atoms with E-state index in [0.717, 1.165) is 18.7 Å². The minimum absolute atomic E-state index is 0.157. The Labute approximate surface area is 155 Å². The Morgan fingerprint density at radius 3 is 2.35 bits per heavy atom. The first kappa shape index (κ1) is 19.9. The summed E-state index contributed by atoms with van der Waals surface area (Å²) < 4.78 is 5.58. The van der Waals surface area contributed by atoms with Gasteiger partial charge in [0.1, 0.15) is 18.5 Å². The molecule has 0 saturated carbocycles. The number of benzene rings is 2. The third-order valence-corrected chi connectivity index (χ3v) is 4.36. The molecule has 0 radical (unpaired) electrons. The number of nitrogen functional groups attached to an aromatic ring is 2. The highest BCUT2D eigenvalue weighted by molar-refractivity contribution is 5.73. The number of aliphatic hydroxyl groups excluding tert-OH is 1. The summed E-state index contributed by atoms with van der Waals surface area (Å²) in [5.41, 5.74) is 17.3. The maximum atomic E-state index is 10.0. The fraction of sp³-hybridized carbons (Fsp3) is 0.400. The Morgan fingerprint density at radius 2 is 1.65 bits per heavy atom. The van der Waals surface area contributed by atoms with Gasteiger partial charge in [-0.2, -0.15) is 0 Å². The lowest BCUT2D eigenvalue weighted by molar-refractivity contribution is 0.107. The predicted molar refractivity (Wildman–Crippen MR) is 109 cm³/mol. The number of nitrogens with one attached hydrogen (secondary N) is 2. The third-order valence-electron chi connectivity index (χ3n) is 4.36. The highest BCUT2D eigenvalue weighted by atomic mass is 16.5. The van der Waals surface area contributed by atoms with Crippen LogP contribution < -0.4 is 26.8 Å². The summed E-state index contributed by atoms with van der Waals surface area (Å²) >= 11 is 0. The van der Waals surface area contributed by atoms with Gasteiger partial charge in [-0.1, -0.05) is 24.3 Å². The standard InChI is InChI=1S/C20H30N4O2/c1-13-7-8-17(19(22)18(13)21)26-12-16(25)11-23-9-10-24-20-14(2)5-4-6-15(20)3/h4-8,16,23-25H,9-12,21-22H2,1-3H3. The van der Waals surface area contributed by atoms with Crippen LogP contribution in [0.4, 0.5) is 17.1 Å². The van der Waals surface area contributed by atoms with E-state index in [1.807, 2.05) is 13.0 Å². The highest BCUT2D eigenvalue weighted by Crippen LogP contribution is 2.30. The van der Waals surface area contributed by atoms with Crippen LogP contribution in [0.25, 0.3) is 0 Å². The Morgan fingerprint density at radius 1 is 0.962 bits per heavy atom. The molecule has 0 heterocycles. The second-order valence-electron chi connectivity index (χ2n) is 6.57. The summed E-state index contributed by atoms with van der Waals surface area (Å²) in [6, 6.07) is 9.86. The predicted octanol–water partition coefficient (Wildman–Crippen LogP) is 2.22. The van der Waals surface area contributed by atoms with Crippen molar-refractivity contribution in [2.75, 3.05) is 43.0 Å². The zero-order valence-corrected chi connectivity index (χ0v) is 15.8. The first-order chi connectivity index (χ1) is 12.4. The Bertz CT molecular complexity index is 714. The van der Waals surface area contributed by atoms with Crippen LogP contribution in [0, 0.1) is 20.8 Å². The SMILES string of the molecule is Cc1ccc(OCC(O)CNCCNc2c(C)cccc2C)c(N)c1N. The molecular weight excluding hydrogens is 328 g/mol. The molecule has 0 fully saturated rings. The fourth-order valence-electron chi connectivity index (χ4n) is 2.73. The number of aryl methyl sites for hydroxylation is 3. The van der Waals surface area contributed by atoms with Crippen molar-refractivity contribution in [3.05, 3.63) is 47.0 Å². The maximum absolute atomic E-state index is 10.0. The molecule has 6 nitrogen and oxygen atoms in total. The van der Waals surface area contributed by atoms with E-state index >= 15 is 0 Å². The van der Waals surface area contributed by atoms with Crippen molar-refractivity contribution < 1.29 is 9.84 Å². The molecular formula is C20H30N4O2. The van der Waals surface area contributed by atoms with Crippen molar-refractivity contribution in [3.8, 4) is 5.75 Å². The lowest BCUT2D eigenvalue weighted by atomic mass is 10.1. The summed E-state index contributed by atoms with van der Waals surface area (Å²) in [5, 5.41) is 16.7. The van der Waals surface area contributed by atoms with E-state index in [9.17, 15) is 5.11 Å². The van der Waals surface area contributed by atoms with Crippen LogP contribution in [-0.4, -0.2) is 37.5 Å². The molecule has 142 valence electrons. The van der Waals surface area contributed by atoms with Gasteiger partial charge in [-0.3, -0.25) is 0 Å². The molecule has 1 unspecified atom stereocenters. The average Bonchev–Trinajstić information content (AvgIpc) is 2.61. The number of ether oxygens (including phenoxy) is 1. The Balaban J connectivity index is 1.68. The maximum Gasteiger partial charge on any atom is 0.144 e. The third kappa shape index (κ3) is 5.28. The number of hydrogen-bond donors (Lipinski definition) is 5. The molecule has 2 aromatic carbocycles. The van der Waals surface area contributed by atoms with Crippen molar-refractivity contribution in [1.29, 1.82) is 0 Å². The molecule has 0 aromatic heterocycles. The summed E-state index contributed by atoms with van der Waals surface area (Å²) in [6.45, 7) is 8.19. The minimum atomic E-state index is -0.628. The molecule has 0 aliphatic heterocycles. The van der Waals surface area contributed by atoms with Crippen LogP contribution in [0.1, 0.15) is 16.7 Å². The van der Waals surface area contributed by atoms with E-state index in [0.29, 0.717) is 23.7 Å². The topological polar surface area (TPSA) is 106 Å². The normalized spacial score (nSPS) is 12.0. The van der Waals surface area contributed by atoms with Crippen LogP contribution >= 0.6 is 0 Å². The largest absolute Gasteiger partial charge is 0.489 e. The van der Waals surface area contributed by atoms with Gasteiger partial charge in [0.2, 0.25) is 0 Å². The number of hydrogen-bond acceptors (Lipinski definition) is 6. The molecule has 0 aliphatic carbocycles. The second kappa shape index (κ2) is 9.31. The monoisotopic (exact) mass is 358 g/mol. The molecule has 0 bridgehead atoms. The van der Waals surface area contributed by atoms with Gasteiger partial charge in [0.15, 0.2) is 0 Å². The molecule has 1 atom stereocenters. The van der Waals surface area contributed by atoms with Crippen molar-refractivity contribution in [1.82, 2.24) is 5.32 Å². The smallest absolute Gasteiger partial charge is 0.144 e. The van der Waals surface area contributed by atoms with Gasteiger partial charge in [0.05, 0.1) is 11.4 Å². The van der Waals surface area contributed by atoms with Crippen molar-refractivity contribution in [2.45, 2.75) is 26.9 Å². The van der Waals surface area contributed by atoms with E-state index in [4.69, 9.17) is 16.2 Å². The molecule has 2 aromatic rings.